The number of benzene rings is 1. The molecule has 1 aromatic carbocycles. The van der Waals surface area contributed by atoms with Crippen molar-refractivity contribution in [2.75, 3.05) is 0 Å². The fraction of sp³-hybridized carbons (Fsp3) is 0.0588. The minimum atomic E-state index is -4.04. The Hall–Kier alpha value is -2.71. The van der Waals surface area contributed by atoms with Gasteiger partial charge in [-0.25, -0.2) is 21.9 Å². The fourth-order valence-electron chi connectivity index (χ4n) is 2.21. The van der Waals surface area contributed by atoms with Gasteiger partial charge in [-0.3, -0.25) is 9.97 Å². The molecular formula is C17H13F2N3O2S. The van der Waals surface area contributed by atoms with Crippen molar-refractivity contribution in [3.05, 3.63) is 78.3 Å². The first kappa shape index (κ1) is 17.1. The molecule has 0 radical (unpaired) electrons. The van der Waals surface area contributed by atoms with Gasteiger partial charge in [0.2, 0.25) is 10.0 Å². The van der Waals surface area contributed by atoms with E-state index in [1.165, 1.54) is 0 Å². The van der Waals surface area contributed by atoms with Crippen molar-refractivity contribution in [2.45, 2.75) is 11.4 Å². The average molecular weight is 361 g/mol. The quantitative estimate of drug-likeness (QED) is 0.758. The van der Waals surface area contributed by atoms with Crippen LogP contribution in [0.25, 0.3) is 11.3 Å². The van der Waals surface area contributed by atoms with E-state index in [1.54, 1.807) is 42.9 Å². The molecule has 0 saturated heterocycles. The zero-order valence-electron chi connectivity index (χ0n) is 12.9. The molecule has 2 aromatic heterocycles. The lowest BCUT2D eigenvalue weighted by atomic mass is 10.1. The van der Waals surface area contributed by atoms with Crippen molar-refractivity contribution in [2.24, 2.45) is 0 Å². The third kappa shape index (κ3) is 4.23. The number of aromatic nitrogens is 2. The Morgan fingerprint density at radius 2 is 1.60 bits per heavy atom. The zero-order chi connectivity index (χ0) is 17.9. The molecule has 0 amide bonds. The van der Waals surface area contributed by atoms with Crippen LogP contribution in [0.15, 0.2) is 66.0 Å². The van der Waals surface area contributed by atoms with Crippen LogP contribution in [-0.2, 0) is 16.6 Å². The largest absolute Gasteiger partial charge is 0.265 e. The summed E-state index contributed by atoms with van der Waals surface area (Å²) >= 11 is 0. The maximum Gasteiger partial charge on any atom is 0.241 e. The van der Waals surface area contributed by atoms with Crippen LogP contribution in [0.2, 0.25) is 0 Å². The average Bonchev–Trinajstić information content (AvgIpc) is 2.60. The van der Waals surface area contributed by atoms with Gasteiger partial charge in [0.1, 0.15) is 11.6 Å². The first-order chi connectivity index (χ1) is 11.9. The Labute approximate surface area is 143 Å². The molecule has 0 atom stereocenters. The number of nitrogens with one attached hydrogen (secondary N) is 1. The number of hydrogen-bond donors (Lipinski definition) is 1. The highest BCUT2D eigenvalue weighted by atomic mass is 32.2. The van der Waals surface area contributed by atoms with Crippen LogP contribution in [0.1, 0.15) is 5.56 Å². The van der Waals surface area contributed by atoms with E-state index in [9.17, 15) is 17.2 Å². The molecule has 25 heavy (non-hydrogen) atoms. The van der Waals surface area contributed by atoms with Crippen molar-refractivity contribution >= 4 is 10.0 Å². The molecule has 5 nitrogen and oxygen atoms in total. The summed E-state index contributed by atoms with van der Waals surface area (Å²) < 4.78 is 53.1. The lowest BCUT2D eigenvalue weighted by Gasteiger charge is -2.08. The fourth-order valence-corrected chi connectivity index (χ4v) is 3.27. The number of pyridine rings is 2. The summed E-state index contributed by atoms with van der Waals surface area (Å²) in [6.45, 7) is -0.0406. The monoisotopic (exact) mass is 361 g/mol. The molecular weight excluding hydrogens is 348 g/mol. The second-order valence-corrected chi connectivity index (χ2v) is 6.98. The molecule has 8 heteroatoms. The molecule has 0 bridgehead atoms. The highest BCUT2D eigenvalue weighted by molar-refractivity contribution is 7.89. The van der Waals surface area contributed by atoms with E-state index in [-0.39, 0.29) is 6.54 Å². The van der Waals surface area contributed by atoms with E-state index in [1.807, 2.05) is 0 Å². The normalized spacial score (nSPS) is 11.4. The number of rotatable bonds is 5. The van der Waals surface area contributed by atoms with Crippen LogP contribution in [0.5, 0.6) is 0 Å². The van der Waals surface area contributed by atoms with Crippen LogP contribution in [0.4, 0.5) is 8.78 Å². The van der Waals surface area contributed by atoms with Gasteiger partial charge in [-0.05, 0) is 42.0 Å². The Bertz CT molecular complexity index is 976. The molecule has 0 aliphatic heterocycles. The molecule has 1 N–H and O–H groups in total. The molecule has 3 rings (SSSR count). The van der Waals surface area contributed by atoms with Gasteiger partial charge >= 0.3 is 0 Å². The first-order valence-electron chi connectivity index (χ1n) is 7.25. The zero-order valence-corrected chi connectivity index (χ0v) is 13.7. The summed E-state index contributed by atoms with van der Waals surface area (Å²) in [5.74, 6) is -1.91. The van der Waals surface area contributed by atoms with Crippen molar-refractivity contribution in [1.29, 1.82) is 0 Å². The van der Waals surface area contributed by atoms with Gasteiger partial charge in [-0.15, -0.1) is 0 Å². The molecule has 0 aliphatic rings. The molecule has 3 aromatic rings. The van der Waals surface area contributed by atoms with Crippen LogP contribution in [0, 0.1) is 11.6 Å². The molecule has 0 aliphatic carbocycles. The van der Waals surface area contributed by atoms with Gasteiger partial charge in [-0.2, -0.15) is 0 Å². The summed E-state index contributed by atoms with van der Waals surface area (Å²) in [6.07, 6.45) is 4.82. The van der Waals surface area contributed by atoms with Crippen LogP contribution in [-0.4, -0.2) is 18.4 Å². The van der Waals surface area contributed by atoms with Gasteiger partial charge in [-0.1, -0.05) is 0 Å². The third-order valence-corrected chi connectivity index (χ3v) is 4.79. The first-order valence-corrected chi connectivity index (χ1v) is 8.73. The predicted octanol–water partition coefficient (Wildman–Crippen LogP) is 2.90. The van der Waals surface area contributed by atoms with Crippen LogP contribution in [0.3, 0.4) is 0 Å². The Kier molecular flexibility index (Phi) is 4.82. The van der Waals surface area contributed by atoms with Crippen molar-refractivity contribution in [3.8, 4) is 11.3 Å². The molecule has 128 valence electrons. The van der Waals surface area contributed by atoms with E-state index in [2.05, 4.69) is 14.7 Å². The SMILES string of the molecule is O=S(=O)(NCc1ccnc(-c2ccncc2)c1)c1cc(F)cc(F)c1. The van der Waals surface area contributed by atoms with Crippen LogP contribution >= 0.6 is 0 Å². The Morgan fingerprint density at radius 3 is 2.28 bits per heavy atom. The van der Waals surface area contributed by atoms with E-state index in [4.69, 9.17) is 0 Å². The van der Waals surface area contributed by atoms with Crippen molar-refractivity contribution in [1.82, 2.24) is 14.7 Å². The molecule has 0 unspecified atom stereocenters. The summed E-state index contributed by atoms with van der Waals surface area (Å²) in [7, 11) is -4.04. The molecule has 0 spiro atoms. The van der Waals surface area contributed by atoms with Gasteiger partial charge in [0.25, 0.3) is 0 Å². The molecule has 2 heterocycles. The second kappa shape index (κ2) is 7.04. The standard InChI is InChI=1S/C17H13F2N3O2S/c18-14-8-15(19)10-16(9-14)25(23,24)22-11-12-1-6-21-17(7-12)13-2-4-20-5-3-13/h1-10,22H,11H2. The number of halogens is 2. The van der Waals surface area contributed by atoms with Gasteiger partial charge in [0.15, 0.2) is 0 Å². The van der Waals surface area contributed by atoms with Gasteiger partial charge < -0.3 is 0 Å². The maximum absolute atomic E-state index is 13.2. The van der Waals surface area contributed by atoms with Gasteiger partial charge in [0.05, 0.1) is 10.6 Å². The number of sulfonamides is 1. The summed E-state index contributed by atoms with van der Waals surface area (Å²) in [6, 6.07) is 9.09. The minimum Gasteiger partial charge on any atom is -0.265 e. The van der Waals surface area contributed by atoms with E-state index < -0.39 is 26.6 Å². The summed E-state index contributed by atoms with van der Waals surface area (Å²) in [5, 5.41) is 0. The lowest BCUT2D eigenvalue weighted by molar-refractivity contribution is 0.561. The number of hydrogen-bond acceptors (Lipinski definition) is 4. The second-order valence-electron chi connectivity index (χ2n) is 5.21. The van der Waals surface area contributed by atoms with E-state index in [0.717, 1.165) is 17.7 Å². The molecule has 0 saturated carbocycles. The smallest absolute Gasteiger partial charge is 0.241 e. The van der Waals surface area contributed by atoms with Crippen LogP contribution < -0.4 is 4.72 Å². The summed E-state index contributed by atoms with van der Waals surface area (Å²) in [5.41, 5.74) is 2.16. The molecule has 0 fully saturated rings. The summed E-state index contributed by atoms with van der Waals surface area (Å²) in [4.78, 5) is 7.70. The highest BCUT2D eigenvalue weighted by Gasteiger charge is 2.16. The lowest BCUT2D eigenvalue weighted by Crippen LogP contribution is -2.23. The van der Waals surface area contributed by atoms with Crippen molar-refractivity contribution < 1.29 is 17.2 Å². The number of nitrogens with zero attached hydrogens (tertiary/aromatic N) is 2. The minimum absolute atomic E-state index is 0.0406. The third-order valence-electron chi connectivity index (χ3n) is 3.41. The highest BCUT2D eigenvalue weighted by Crippen LogP contribution is 2.18. The predicted molar refractivity (Wildman–Crippen MR) is 87.9 cm³/mol. The van der Waals surface area contributed by atoms with Gasteiger partial charge in [0, 0.05) is 36.8 Å². The van der Waals surface area contributed by atoms with E-state index >= 15 is 0 Å². The topological polar surface area (TPSA) is 72.0 Å². The van der Waals surface area contributed by atoms with E-state index in [0.29, 0.717) is 17.3 Å². The Morgan fingerprint density at radius 1 is 0.920 bits per heavy atom. The maximum atomic E-state index is 13.2. The van der Waals surface area contributed by atoms with Crippen molar-refractivity contribution in [3.63, 3.8) is 0 Å². The Balaban J connectivity index is 1.79.